The monoisotopic (exact) mass is 510 g/mol. The van der Waals surface area contributed by atoms with Crippen molar-refractivity contribution in [2.24, 2.45) is 10.7 Å². The van der Waals surface area contributed by atoms with E-state index in [9.17, 15) is 0 Å². The molecule has 0 amide bonds. The number of nitrogens with two attached hydrogens (primary N) is 1. The van der Waals surface area contributed by atoms with Crippen molar-refractivity contribution in [2.75, 3.05) is 13.1 Å². The fourth-order valence-corrected chi connectivity index (χ4v) is 4.65. The molecule has 0 saturated carbocycles. The van der Waals surface area contributed by atoms with Gasteiger partial charge in [-0.05, 0) is 92.0 Å². The minimum Gasteiger partial charge on any atom is -0.384 e. The van der Waals surface area contributed by atoms with Gasteiger partial charge in [0.2, 0.25) is 0 Å². The van der Waals surface area contributed by atoms with E-state index in [4.69, 9.17) is 11.1 Å². The van der Waals surface area contributed by atoms with E-state index in [1.54, 1.807) is 0 Å². The van der Waals surface area contributed by atoms with Crippen molar-refractivity contribution in [3.05, 3.63) is 105 Å². The van der Waals surface area contributed by atoms with Crippen LogP contribution in [0.5, 0.6) is 0 Å². The van der Waals surface area contributed by atoms with Crippen molar-refractivity contribution in [3.63, 3.8) is 0 Å². The molecule has 0 bridgehead atoms. The normalized spacial score (nSPS) is 12.3. The summed E-state index contributed by atoms with van der Waals surface area (Å²) in [5, 5.41) is 11.0. The van der Waals surface area contributed by atoms with Crippen LogP contribution in [0, 0.1) is 26.2 Å². The van der Waals surface area contributed by atoms with Crippen LogP contribution in [0.1, 0.15) is 50.1 Å². The van der Waals surface area contributed by atoms with Gasteiger partial charge in [0.25, 0.3) is 0 Å². The van der Waals surface area contributed by atoms with Gasteiger partial charge in [0.05, 0.1) is 6.54 Å². The Morgan fingerprint density at radius 3 is 1.94 bits per heavy atom. The Labute approximate surface area is 221 Å². The van der Waals surface area contributed by atoms with Crippen molar-refractivity contribution < 1.29 is 0 Å². The second kappa shape index (κ2) is 12.8. The van der Waals surface area contributed by atoms with Crippen molar-refractivity contribution in [3.8, 4) is 0 Å². The molecule has 0 spiro atoms. The Morgan fingerprint density at radius 1 is 0.829 bits per heavy atom. The molecule has 3 aromatic rings. The summed E-state index contributed by atoms with van der Waals surface area (Å²) in [5.41, 5.74) is 17.0. The molecule has 4 rings (SSSR count). The Balaban J connectivity index is 0.00000216. The minimum atomic E-state index is 0. The van der Waals surface area contributed by atoms with Crippen LogP contribution in [0.3, 0.4) is 0 Å². The highest BCUT2D eigenvalue weighted by molar-refractivity contribution is 6.00. The third-order valence-corrected chi connectivity index (χ3v) is 6.51. The maximum atomic E-state index is 7.62. The number of halogens is 2. The Morgan fingerprint density at radius 2 is 1.43 bits per heavy atom. The SMILES string of the molecule is Cc1cc(CCc2ccc(C(=N)N)cc2C)cc(CCc2ccc(C3=NCCN3)cc2C)c1.Cl.Cl. The second-order valence-electron chi connectivity index (χ2n) is 9.18. The molecule has 0 atom stereocenters. The van der Waals surface area contributed by atoms with E-state index in [1.807, 2.05) is 12.1 Å². The summed E-state index contributed by atoms with van der Waals surface area (Å²) in [6.07, 6.45) is 4.09. The lowest BCUT2D eigenvalue weighted by Gasteiger charge is -2.12. The summed E-state index contributed by atoms with van der Waals surface area (Å²) in [7, 11) is 0. The average molecular weight is 512 g/mol. The lowest BCUT2D eigenvalue weighted by Crippen LogP contribution is -2.19. The lowest BCUT2D eigenvalue weighted by atomic mass is 9.94. The van der Waals surface area contributed by atoms with Crippen LogP contribution in [-0.4, -0.2) is 24.8 Å². The summed E-state index contributed by atoms with van der Waals surface area (Å²) in [5.74, 6) is 1.15. The van der Waals surface area contributed by atoms with Crippen LogP contribution < -0.4 is 11.1 Å². The number of hydrogen-bond acceptors (Lipinski definition) is 3. The molecule has 0 radical (unpaired) electrons. The standard InChI is InChI=1S/C29H34N4.2ClH/c1-19-14-22(4-6-24-8-10-26(28(30)31)16-20(24)2)18-23(15-19)5-7-25-9-11-27(17-21(25)3)29-32-12-13-33-29;;/h8-11,14-18H,4-7,12-13H2,1-3H3,(H3,30,31)(H,32,33);2*1H. The second-order valence-corrected chi connectivity index (χ2v) is 9.18. The van der Waals surface area contributed by atoms with E-state index in [1.165, 1.54) is 44.5 Å². The van der Waals surface area contributed by atoms with Crippen molar-refractivity contribution >= 4 is 36.5 Å². The van der Waals surface area contributed by atoms with Crippen LogP contribution in [0.2, 0.25) is 0 Å². The molecule has 4 N–H and O–H groups in total. The van der Waals surface area contributed by atoms with E-state index < -0.39 is 0 Å². The van der Waals surface area contributed by atoms with Crippen molar-refractivity contribution in [2.45, 2.75) is 46.5 Å². The maximum Gasteiger partial charge on any atom is 0.128 e. The quantitative estimate of drug-likeness (QED) is 0.270. The lowest BCUT2D eigenvalue weighted by molar-refractivity contribution is 0.917. The van der Waals surface area contributed by atoms with E-state index in [0.717, 1.165) is 50.2 Å². The molecule has 0 unspecified atom stereocenters. The predicted molar refractivity (Wildman–Crippen MR) is 153 cm³/mol. The molecular formula is C29H36Cl2N4. The molecule has 1 heterocycles. The van der Waals surface area contributed by atoms with E-state index in [-0.39, 0.29) is 30.6 Å². The molecule has 186 valence electrons. The molecule has 0 aromatic heterocycles. The minimum absolute atomic E-state index is 0. The average Bonchev–Trinajstić information content (AvgIpc) is 3.32. The number of rotatable bonds is 8. The van der Waals surface area contributed by atoms with Gasteiger partial charge in [-0.3, -0.25) is 10.4 Å². The molecule has 6 heteroatoms. The van der Waals surface area contributed by atoms with Gasteiger partial charge in [-0.1, -0.05) is 48.0 Å². The first-order valence-electron chi connectivity index (χ1n) is 11.8. The maximum absolute atomic E-state index is 7.62. The van der Waals surface area contributed by atoms with Crippen LogP contribution >= 0.6 is 24.8 Å². The van der Waals surface area contributed by atoms with Gasteiger partial charge >= 0.3 is 0 Å². The molecule has 0 fully saturated rings. The van der Waals surface area contributed by atoms with Crippen molar-refractivity contribution in [1.29, 1.82) is 5.41 Å². The number of benzene rings is 3. The summed E-state index contributed by atoms with van der Waals surface area (Å²) in [4.78, 5) is 4.54. The van der Waals surface area contributed by atoms with E-state index >= 15 is 0 Å². The molecule has 0 saturated heterocycles. The molecular weight excluding hydrogens is 475 g/mol. The summed E-state index contributed by atoms with van der Waals surface area (Å²) in [6.45, 7) is 8.31. The zero-order chi connectivity index (χ0) is 23.4. The molecule has 4 nitrogen and oxygen atoms in total. The number of nitrogen functional groups attached to an aromatic ring is 1. The molecule has 1 aliphatic rings. The molecule has 35 heavy (non-hydrogen) atoms. The smallest absolute Gasteiger partial charge is 0.128 e. The molecule has 0 aliphatic carbocycles. The summed E-state index contributed by atoms with van der Waals surface area (Å²) >= 11 is 0. The first-order valence-corrected chi connectivity index (χ1v) is 11.8. The third-order valence-electron chi connectivity index (χ3n) is 6.51. The number of aryl methyl sites for hydroxylation is 7. The van der Waals surface area contributed by atoms with Crippen LogP contribution in [-0.2, 0) is 25.7 Å². The highest BCUT2D eigenvalue weighted by Gasteiger charge is 2.10. The van der Waals surface area contributed by atoms with Gasteiger partial charge in [0.15, 0.2) is 0 Å². The largest absolute Gasteiger partial charge is 0.384 e. The zero-order valence-corrected chi connectivity index (χ0v) is 22.4. The number of hydrogen-bond donors (Lipinski definition) is 3. The first kappa shape index (κ1) is 28.4. The third kappa shape index (κ3) is 7.33. The first-order chi connectivity index (χ1) is 15.9. The number of nitrogens with zero attached hydrogens (tertiary/aromatic N) is 1. The van der Waals surface area contributed by atoms with Gasteiger partial charge in [-0.25, -0.2) is 0 Å². The zero-order valence-electron chi connectivity index (χ0n) is 20.8. The van der Waals surface area contributed by atoms with E-state index in [0.29, 0.717) is 0 Å². The fraction of sp³-hybridized carbons (Fsp3) is 0.310. The highest BCUT2D eigenvalue weighted by Crippen LogP contribution is 2.19. The number of nitrogens with one attached hydrogen (secondary N) is 2. The van der Waals surface area contributed by atoms with Gasteiger partial charge in [0, 0.05) is 17.7 Å². The van der Waals surface area contributed by atoms with Crippen LogP contribution in [0.4, 0.5) is 0 Å². The van der Waals surface area contributed by atoms with Crippen LogP contribution in [0.25, 0.3) is 0 Å². The van der Waals surface area contributed by atoms with E-state index in [2.05, 4.69) is 73.5 Å². The predicted octanol–water partition coefficient (Wildman–Crippen LogP) is 5.66. The topological polar surface area (TPSA) is 74.3 Å². The van der Waals surface area contributed by atoms with Gasteiger partial charge in [0.1, 0.15) is 11.7 Å². The summed E-state index contributed by atoms with van der Waals surface area (Å²) < 4.78 is 0. The van der Waals surface area contributed by atoms with Crippen molar-refractivity contribution in [1.82, 2.24) is 5.32 Å². The number of aliphatic imine (C=N–C) groups is 1. The Kier molecular flexibility index (Phi) is 10.4. The fourth-order valence-electron chi connectivity index (χ4n) is 4.65. The summed E-state index contributed by atoms with van der Waals surface area (Å²) in [6, 6.07) is 19.8. The molecule has 1 aliphatic heterocycles. The highest BCUT2D eigenvalue weighted by atomic mass is 35.5. The Bertz CT molecular complexity index is 1220. The number of amidine groups is 2. The Hall–Kier alpha value is -2.82. The van der Waals surface area contributed by atoms with Gasteiger partial charge in [-0.15, -0.1) is 24.8 Å². The van der Waals surface area contributed by atoms with Gasteiger partial charge in [-0.2, -0.15) is 0 Å². The van der Waals surface area contributed by atoms with Crippen LogP contribution in [0.15, 0.2) is 59.6 Å². The molecule has 3 aromatic carbocycles. The van der Waals surface area contributed by atoms with Gasteiger partial charge < -0.3 is 11.1 Å².